The molecule has 11 heavy (non-hydrogen) atoms. The quantitative estimate of drug-likeness (QED) is 0.477. The Hall–Kier alpha value is -1.45. The fraction of sp³-hybridized carbons (Fsp3) is 0.286. The van der Waals surface area contributed by atoms with E-state index in [0.29, 0.717) is 13.0 Å². The van der Waals surface area contributed by atoms with E-state index in [0.717, 1.165) is 12.1 Å². The number of hydrogen-bond donors (Lipinski definition) is 1. The van der Waals surface area contributed by atoms with Crippen LogP contribution in [0.5, 0.6) is 0 Å². The molecule has 1 aromatic heterocycles. The number of aromatic nitrogens is 2. The molecule has 1 N–H and O–H groups in total. The summed E-state index contributed by atoms with van der Waals surface area (Å²) >= 11 is 0. The third-order valence-corrected chi connectivity index (χ3v) is 1.25. The van der Waals surface area contributed by atoms with Crippen LogP contribution in [0.15, 0.2) is 18.6 Å². The lowest BCUT2D eigenvalue weighted by molar-refractivity contribution is -0.109. The molecule has 0 spiro atoms. The summed E-state index contributed by atoms with van der Waals surface area (Å²) in [5.41, 5.74) is 0.939. The van der Waals surface area contributed by atoms with Gasteiger partial charge in [-0.25, -0.2) is 9.97 Å². The molecule has 0 bridgehead atoms. The van der Waals surface area contributed by atoms with Crippen molar-refractivity contribution in [3.63, 3.8) is 0 Å². The number of amides is 1. The molecule has 1 heterocycles. The fourth-order valence-corrected chi connectivity index (χ4v) is 0.725. The van der Waals surface area contributed by atoms with Crippen molar-refractivity contribution in [1.29, 1.82) is 0 Å². The smallest absolute Gasteiger partial charge is 0.207 e. The Morgan fingerprint density at radius 3 is 3.18 bits per heavy atom. The molecule has 0 atom stereocenters. The molecule has 1 rings (SSSR count). The van der Waals surface area contributed by atoms with Crippen molar-refractivity contribution in [1.82, 2.24) is 15.3 Å². The summed E-state index contributed by atoms with van der Waals surface area (Å²) in [7, 11) is 0. The molecule has 4 heteroatoms. The highest BCUT2D eigenvalue weighted by molar-refractivity contribution is 5.45. The standard InChI is InChI=1S/C7H9N3O/c11-6-9-4-2-7-1-3-8-5-10-7/h1,3,5-6H,2,4H2,(H,9,11). The van der Waals surface area contributed by atoms with Crippen LogP contribution in [0.1, 0.15) is 5.69 Å². The van der Waals surface area contributed by atoms with Crippen molar-refractivity contribution in [3.05, 3.63) is 24.3 Å². The van der Waals surface area contributed by atoms with Crippen molar-refractivity contribution in [2.24, 2.45) is 0 Å². The van der Waals surface area contributed by atoms with Crippen LogP contribution < -0.4 is 5.32 Å². The van der Waals surface area contributed by atoms with E-state index in [-0.39, 0.29) is 0 Å². The Labute approximate surface area is 64.7 Å². The normalized spacial score (nSPS) is 9.09. The molecular weight excluding hydrogens is 142 g/mol. The van der Waals surface area contributed by atoms with Gasteiger partial charge in [-0.15, -0.1) is 0 Å². The number of hydrogen-bond acceptors (Lipinski definition) is 3. The molecule has 0 aliphatic heterocycles. The molecule has 0 aliphatic carbocycles. The molecule has 0 saturated carbocycles. The zero-order chi connectivity index (χ0) is 7.94. The molecule has 0 fully saturated rings. The van der Waals surface area contributed by atoms with Gasteiger partial charge in [0.05, 0.1) is 0 Å². The van der Waals surface area contributed by atoms with E-state index < -0.39 is 0 Å². The van der Waals surface area contributed by atoms with Crippen molar-refractivity contribution in [3.8, 4) is 0 Å². The van der Waals surface area contributed by atoms with E-state index >= 15 is 0 Å². The topological polar surface area (TPSA) is 54.9 Å². The van der Waals surface area contributed by atoms with Crippen molar-refractivity contribution < 1.29 is 4.79 Å². The van der Waals surface area contributed by atoms with Gasteiger partial charge in [0.25, 0.3) is 0 Å². The number of carbonyl (C=O) groups excluding carboxylic acids is 1. The lowest BCUT2D eigenvalue weighted by Gasteiger charge is -1.96. The molecule has 0 unspecified atom stereocenters. The largest absolute Gasteiger partial charge is 0.358 e. The summed E-state index contributed by atoms with van der Waals surface area (Å²) in [6.07, 6.45) is 4.61. The van der Waals surface area contributed by atoms with Crippen LogP contribution in [0.25, 0.3) is 0 Å². The molecule has 0 radical (unpaired) electrons. The van der Waals surface area contributed by atoms with E-state index in [4.69, 9.17) is 0 Å². The van der Waals surface area contributed by atoms with Crippen LogP contribution in [0.2, 0.25) is 0 Å². The fourth-order valence-electron chi connectivity index (χ4n) is 0.725. The Balaban J connectivity index is 2.33. The van der Waals surface area contributed by atoms with Crippen LogP contribution in [-0.4, -0.2) is 22.9 Å². The SMILES string of the molecule is O=CNCCc1ccncn1. The maximum atomic E-state index is 9.85. The van der Waals surface area contributed by atoms with Gasteiger partial charge in [-0.05, 0) is 6.07 Å². The minimum Gasteiger partial charge on any atom is -0.358 e. The molecule has 0 saturated heterocycles. The van der Waals surface area contributed by atoms with Crippen LogP contribution in [0.3, 0.4) is 0 Å². The summed E-state index contributed by atoms with van der Waals surface area (Å²) in [6.45, 7) is 0.626. The van der Waals surface area contributed by atoms with Crippen molar-refractivity contribution in [2.75, 3.05) is 6.54 Å². The summed E-state index contributed by atoms with van der Waals surface area (Å²) in [4.78, 5) is 17.6. The van der Waals surface area contributed by atoms with Gasteiger partial charge in [0, 0.05) is 24.9 Å². The lowest BCUT2D eigenvalue weighted by atomic mass is 10.3. The second kappa shape index (κ2) is 4.38. The highest BCUT2D eigenvalue weighted by Crippen LogP contribution is 1.89. The van der Waals surface area contributed by atoms with Crippen LogP contribution in [0, 0.1) is 0 Å². The molecule has 0 aromatic carbocycles. The molecule has 1 amide bonds. The Kier molecular flexibility index (Phi) is 3.05. The monoisotopic (exact) mass is 151 g/mol. The van der Waals surface area contributed by atoms with Gasteiger partial charge in [-0.2, -0.15) is 0 Å². The Bertz CT molecular complexity index is 212. The number of nitrogens with one attached hydrogen (secondary N) is 1. The van der Waals surface area contributed by atoms with E-state index in [1.807, 2.05) is 6.07 Å². The maximum absolute atomic E-state index is 9.85. The lowest BCUT2D eigenvalue weighted by Crippen LogP contribution is -2.14. The second-order valence-corrected chi connectivity index (χ2v) is 2.02. The molecular formula is C7H9N3O. The maximum Gasteiger partial charge on any atom is 0.207 e. The summed E-state index contributed by atoms with van der Waals surface area (Å²) in [6, 6.07) is 1.83. The first kappa shape index (κ1) is 7.65. The van der Waals surface area contributed by atoms with Crippen LogP contribution in [-0.2, 0) is 11.2 Å². The number of carbonyl (C=O) groups is 1. The molecule has 0 aliphatic rings. The average molecular weight is 151 g/mol. The average Bonchev–Trinajstić information content (AvgIpc) is 2.07. The Morgan fingerprint density at radius 1 is 1.64 bits per heavy atom. The van der Waals surface area contributed by atoms with Crippen LogP contribution >= 0.6 is 0 Å². The summed E-state index contributed by atoms with van der Waals surface area (Å²) in [5, 5.41) is 2.56. The third-order valence-electron chi connectivity index (χ3n) is 1.25. The van der Waals surface area contributed by atoms with E-state index in [2.05, 4.69) is 15.3 Å². The number of nitrogens with zero attached hydrogens (tertiary/aromatic N) is 2. The van der Waals surface area contributed by atoms with E-state index in [9.17, 15) is 4.79 Å². The molecule has 58 valence electrons. The highest BCUT2D eigenvalue weighted by atomic mass is 16.1. The van der Waals surface area contributed by atoms with Gasteiger partial charge in [0.15, 0.2) is 0 Å². The highest BCUT2D eigenvalue weighted by Gasteiger charge is 1.90. The van der Waals surface area contributed by atoms with Gasteiger partial charge < -0.3 is 5.32 Å². The molecule has 1 aromatic rings. The van der Waals surface area contributed by atoms with E-state index in [1.54, 1.807) is 6.20 Å². The van der Waals surface area contributed by atoms with Crippen molar-refractivity contribution in [2.45, 2.75) is 6.42 Å². The predicted octanol–water partition coefficient (Wildman–Crippen LogP) is -0.235. The minimum atomic E-state index is 0.626. The predicted molar refractivity (Wildman–Crippen MR) is 39.8 cm³/mol. The third kappa shape index (κ3) is 2.75. The van der Waals surface area contributed by atoms with E-state index in [1.165, 1.54) is 6.33 Å². The summed E-state index contributed by atoms with van der Waals surface area (Å²) < 4.78 is 0. The van der Waals surface area contributed by atoms with Crippen molar-refractivity contribution >= 4 is 6.41 Å². The second-order valence-electron chi connectivity index (χ2n) is 2.02. The van der Waals surface area contributed by atoms with Gasteiger partial charge in [-0.1, -0.05) is 0 Å². The molecule has 4 nitrogen and oxygen atoms in total. The van der Waals surface area contributed by atoms with Gasteiger partial charge in [0.2, 0.25) is 6.41 Å². The number of rotatable bonds is 4. The Morgan fingerprint density at radius 2 is 2.55 bits per heavy atom. The first-order valence-electron chi connectivity index (χ1n) is 3.35. The van der Waals surface area contributed by atoms with Gasteiger partial charge in [-0.3, -0.25) is 4.79 Å². The first-order valence-corrected chi connectivity index (χ1v) is 3.35. The first-order chi connectivity index (χ1) is 5.43. The van der Waals surface area contributed by atoms with Gasteiger partial charge in [0.1, 0.15) is 6.33 Å². The summed E-state index contributed by atoms with van der Waals surface area (Å²) in [5.74, 6) is 0. The van der Waals surface area contributed by atoms with Crippen LogP contribution in [0.4, 0.5) is 0 Å². The van der Waals surface area contributed by atoms with Gasteiger partial charge >= 0.3 is 0 Å². The zero-order valence-electron chi connectivity index (χ0n) is 6.03. The minimum absolute atomic E-state index is 0.626. The zero-order valence-corrected chi connectivity index (χ0v) is 6.03.